The molecule has 0 fully saturated rings. The molecule has 0 aliphatic carbocycles. The molecule has 52 valence electrons. The van der Waals surface area contributed by atoms with Crippen LogP contribution in [-0.4, -0.2) is 11.7 Å². The molecular weight excluding hydrogens is 112 g/mol. The number of hydrogen-bond acceptors (Lipinski definition) is 1. The third-order valence-electron chi connectivity index (χ3n) is 0.947. The summed E-state index contributed by atoms with van der Waals surface area (Å²) in [5, 5.41) is 8.31. The van der Waals surface area contributed by atoms with Gasteiger partial charge in [-0.1, -0.05) is 31.2 Å². The molecule has 0 amide bonds. The van der Waals surface area contributed by atoms with Crippen molar-refractivity contribution in [2.45, 2.75) is 19.8 Å². The molecule has 0 aromatic rings. The molecule has 0 bridgehead atoms. The highest BCUT2D eigenvalue weighted by Crippen LogP contribution is 1.86. The third-order valence-corrected chi connectivity index (χ3v) is 0.947. The largest absolute Gasteiger partial charge is 0.392 e. The number of rotatable bonds is 4. The minimum Gasteiger partial charge on any atom is -0.392 e. The molecule has 0 rings (SSSR count). The number of aliphatic hydroxyl groups is 1. The van der Waals surface area contributed by atoms with Crippen LogP contribution in [0.4, 0.5) is 0 Å². The van der Waals surface area contributed by atoms with E-state index < -0.39 is 0 Å². The van der Waals surface area contributed by atoms with E-state index in [2.05, 4.69) is 19.1 Å². The van der Waals surface area contributed by atoms with Gasteiger partial charge in [0.05, 0.1) is 6.61 Å². The van der Waals surface area contributed by atoms with Crippen LogP contribution in [0.2, 0.25) is 0 Å². The molecule has 0 heterocycles. The van der Waals surface area contributed by atoms with Gasteiger partial charge in [0.2, 0.25) is 0 Å². The molecule has 0 saturated heterocycles. The van der Waals surface area contributed by atoms with Gasteiger partial charge in [0.1, 0.15) is 0 Å². The highest BCUT2D eigenvalue weighted by Gasteiger charge is 1.68. The smallest absolute Gasteiger partial charge is 0.0612 e. The maximum atomic E-state index is 8.31. The van der Waals surface area contributed by atoms with E-state index in [1.54, 1.807) is 6.08 Å². The first-order valence-corrected chi connectivity index (χ1v) is 3.32. The van der Waals surface area contributed by atoms with E-state index in [1.807, 2.05) is 6.08 Å². The third kappa shape index (κ3) is 7.44. The van der Waals surface area contributed by atoms with Crippen molar-refractivity contribution in [3.63, 3.8) is 0 Å². The Hall–Kier alpha value is -0.560. The summed E-state index contributed by atoms with van der Waals surface area (Å²) in [6, 6.07) is 0. The monoisotopic (exact) mass is 126 g/mol. The Morgan fingerprint density at radius 2 is 1.78 bits per heavy atom. The van der Waals surface area contributed by atoms with E-state index in [0.717, 1.165) is 12.8 Å². The van der Waals surface area contributed by atoms with Crippen molar-refractivity contribution < 1.29 is 5.11 Å². The normalized spacial score (nSPS) is 11.8. The summed E-state index contributed by atoms with van der Waals surface area (Å²) in [5.74, 6) is 0. The van der Waals surface area contributed by atoms with Crippen LogP contribution in [0.15, 0.2) is 24.3 Å². The molecule has 1 heteroatoms. The zero-order chi connectivity index (χ0) is 6.95. The summed E-state index contributed by atoms with van der Waals surface area (Å²) in [7, 11) is 0. The first-order chi connectivity index (χ1) is 4.41. The Morgan fingerprint density at radius 3 is 2.33 bits per heavy atom. The second-order valence-corrected chi connectivity index (χ2v) is 1.77. The molecular formula is C8H14O. The fourth-order valence-corrected chi connectivity index (χ4v) is 0.512. The molecule has 0 aliphatic rings. The van der Waals surface area contributed by atoms with Gasteiger partial charge < -0.3 is 5.11 Å². The lowest BCUT2D eigenvalue weighted by atomic mass is 10.3. The van der Waals surface area contributed by atoms with Gasteiger partial charge in [0.25, 0.3) is 0 Å². The molecule has 0 radical (unpaired) electrons. The summed E-state index contributed by atoms with van der Waals surface area (Å²) in [6.45, 7) is 2.26. The Kier molecular flexibility index (Phi) is 6.98. The summed E-state index contributed by atoms with van der Waals surface area (Å²) in [4.78, 5) is 0. The van der Waals surface area contributed by atoms with Crippen LogP contribution in [0.25, 0.3) is 0 Å². The minimum atomic E-state index is 0.153. The lowest BCUT2D eigenvalue weighted by Crippen LogP contribution is -1.69. The molecule has 9 heavy (non-hydrogen) atoms. The van der Waals surface area contributed by atoms with Crippen LogP contribution in [0.5, 0.6) is 0 Å². The molecule has 0 aromatic carbocycles. The van der Waals surface area contributed by atoms with Crippen molar-refractivity contribution >= 4 is 0 Å². The Balaban J connectivity index is 3.08. The maximum Gasteiger partial charge on any atom is 0.0612 e. The first kappa shape index (κ1) is 8.44. The zero-order valence-electron chi connectivity index (χ0n) is 5.88. The molecule has 0 aliphatic heterocycles. The van der Waals surface area contributed by atoms with Crippen LogP contribution >= 0.6 is 0 Å². The molecule has 0 saturated carbocycles. The van der Waals surface area contributed by atoms with Gasteiger partial charge in [-0.25, -0.2) is 0 Å². The molecule has 1 N–H and O–H groups in total. The van der Waals surface area contributed by atoms with Crippen molar-refractivity contribution in [1.82, 2.24) is 0 Å². The van der Waals surface area contributed by atoms with Gasteiger partial charge in [-0.15, -0.1) is 0 Å². The average molecular weight is 126 g/mol. The molecule has 0 unspecified atom stereocenters. The van der Waals surface area contributed by atoms with Crippen molar-refractivity contribution in [2.75, 3.05) is 6.61 Å². The Bertz CT molecular complexity index is 80.7. The Morgan fingerprint density at radius 1 is 1.11 bits per heavy atom. The van der Waals surface area contributed by atoms with Crippen molar-refractivity contribution in [1.29, 1.82) is 0 Å². The van der Waals surface area contributed by atoms with E-state index >= 15 is 0 Å². The molecule has 0 spiro atoms. The van der Waals surface area contributed by atoms with Crippen LogP contribution < -0.4 is 0 Å². The van der Waals surface area contributed by atoms with Crippen molar-refractivity contribution in [3.8, 4) is 0 Å². The second kappa shape index (κ2) is 7.44. The number of aliphatic hydroxyl groups excluding tert-OH is 1. The van der Waals surface area contributed by atoms with Gasteiger partial charge >= 0.3 is 0 Å². The van der Waals surface area contributed by atoms with Gasteiger partial charge in [0, 0.05) is 0 Å². The quantitative estimate of drug-likeness (QED) is 0.570. The van der Waals surface area contributed by atoms with E-state index in [-0.39, 0.29) is 6.61 Å². The van der Waals surface area contributed by atoms with Gasteiger partial charge in [-0.3, -0.25) is 0 Å². The Labute approximate surface area is 56.7 Å². The van der Waals surface area contributed by atoms with Crippen LogP contribution in [-0.2, 0) is 0 Å². The minimum absolute atomic E-state index is 0.153. The van der Waals surface area contributed by atoms with Gasteiger partial charge in [0.15, 0.2) is 0 Å². The average Bonchev–Trinajstić information content (AvgIpc) is 1.89. The predicted molar refractivity (Wildman–Crippen MR) is 40.3 cm³/mol. The fraction of sp³-hybridized carbons (Fsp3) is 0.500. The SMILES string of the molecule is CC/C=C\C/C=C\CO. The predicted octanol–water partition coefficient (Wildman–Crippen LogP) is 1.89. The van der Waals surface area contributed by atoms with Crippen molar-refractivity contribution in [3.05, 3.63) is 24.3 Å². The van der Waals surface area contributed by atoms with Gasteiger partial charge in [-0.2, -0.15) is 0 Å². The molecule has 0 atom stereocenters. The lowest BCUT2D eigenvalue weighted by Gasteiger charge is -1.79. The molecule has 1 nitrogen and oxygen atoms in total. The van der Waals surface area contributed by atoms with E-state index in [0.29, 0.717) is 0 Å². The summed E-state index contributed by atoms with van der Waals surface area (Å²) >= 11 is 0. The standard InChI is InChI=1S/C8H14O/c1-2-3-4-5-6-7-8-9/h3-4,6-7,9H,2,5,8H2,1H3/b4-3-,7-6-. The van der Waals surface area contributed by atoms with E-state index in [1.165, 1.54) is 0 Å². The zero-order valence-corrected chi connectivity index (χ0v) is 5.88. The summed E-state index contributed by atoms with van der Waals surface area (Å²) in [5.41, 5.74) is 0. The lowest BCUT2D eigenvalue weighted by molar-refractivity contribution is 0.342. The summed E-state index contributed by atoms with van der Waals surface area (Å²) in [6.07, 6.45) is 9.93. The second-order valence-electron chi connectivity index (χ2n) is 1.77. The number of hydrogen-bond donors (Lipinski definition) is 1. The van der Waals surface area contributed by atoms with Crippen LogP contribution in [0, 0.1) is 0 Å². The van der Waals surface area contributed by atoms with Crippen LogP contribution in [0.3, 0.4) is 0 Å². The molecule has 0 aromatic heterocycles. The fourth-order valence-electron chi connectivity index (χ4n) is 0.512. The number of allylic oxidation sites excluding steroid dienone is 3. The van der Waals surface area contributed by atoms with E-state index in [9.17, 15) is 0 Å². The maximum absolute atomic E-state index is 8.31. The van der Waals surface area contributed by atoms with Crippen molar-refractivity contribution in [2.24, 2.45) is 0 Å². The topological polar surface area (TPSA) is 20.2 Å². The van der Waals surface area contributed by atoms with Gasteiger partial charge in [-0.05, 0) is 12.8 Å². The van der Waals surface area contributed by atoms with E-state index in [4.69, 9.17) is 5.11 Å². The summed E-state index contributed by atoms with van der Waals surface area (Å²) < 4.78 is 0. The van der Waals surface area contributed by atoms with Crippen LogP contribution in [0.1, 0.15) is 19.8 Å². The highest BCUT2D eigenvalue weighted by molar-refractivity contribution is 4.91. The first-order valence-electron chi connectivity index (χ1n) is 3.32. The highest BCUT2D eigenvalue weighted by atomic mass is 16.2.